The Morgan fingerprint density at radius 3 is 2.85 bits per heavy atom. The number of thiophene rings is 1. The zero-order chi connectivity index (χ0) is 14.5. The number of nitrogens with zero attached hydrogens (tertiary/aromatic N) is 1. The van der Waals surface area contributed by atoms with E-state index in [1.807, 2.05) is 6.07 Å². The maximum absolute atomic E-state index is 10.9. The Morgan fingerprint density at radius 2 is 2.20 bits per heavy atom. The topological polar surface area (TPSA) is 55.2 Å². The van der Waals surface area contributed by atoms with Gasteiger partial charge in [0.2, 0.25) is 0 Å². The lowest BCUT2D eigenvalue weighted by molar-refractivity contribution is -0.385. The lowest BCUT2D eigenvalue weighted by Crippen LogP contribution is -2.27. The maximum atomic E-state index is 10.9. The van der Waals surface area contributed by atoms with Crippen LogP contribution < -0.4 is 5.32 Å². The highest BCUT2D eigenvalue weighted by atomic mass is 79.9. The van der Waals surface area contributed by atoms with E-state index < -0.39 is 0 Å². The second-order valence-corrected chi connectivity index (χ2v) is 6.29. The molecule has 0 spiro atoms. The molecule has 0 aliphatic heterocycles. The minimum absolute atomic E-state index is 0.106. The van der Waals surface area contributed by atoms with Crippen LogP contribution in [0.4, 0.5) is 5.69 Å². The summed E-state index contributed by atoms with van der Waals surface area (Å²) < 4.78 is 0.512. The van der Waals surface area contributed by atoms with Crippen LogP contribution in [0.3, 0.4) is 0 Å². The van der Waals surface area contributed by atoms with Crippen molar-refractivity contribution in [3.8, 4) is 0 Å². The van der Waals surface area contributed by atoms with E-state index >= 15 is 0 Å². The molecule has 106 valence electrons. The molecule has 0 aliphatic rings. The van der Waals surface area contributed by atoms with E-state index in [0.717, 1.165) is 12.0 Å². The molecule has 1 aromatic carbocycles. The first-order valence-electron chi connectivity index (χ1n) is 6.23. The zero-order valence-corrected chi connectivity index (χ0v) is 13.4. The average molecular weight is 355 g/mol. The first kappa shape index (κ1) is 15.2. The molecule has 1 atom stereocenters. The van der Waals surface area contributed by atoms with E-state index in [-0.39, 0.29) is 10.6 Å². The first-order chi connectivity index (χ1) is 9.56. The van der Waals surface area contributed by atoms with E-state index in [1.165, 1.54) is 5.56 Å². The number of nitro benzene ring substituents is 1. The van der Waals surface area contributed by atoms with Gasteiger partial charge in [-0.3, -0.25) is 10.1 Å². The van der Waals surface area contributed by atoms with Crippen LogP contribution in [0.15, 0.2) is 39.5 Å². The predicted octanol–water partition coefficient (Wildman–Crippen LogP) is 4.14. The van der Waals surface area contributed by atoms with Crippen molar-refractivity contribution in [1.29, 1.82) is 0 Å². The second kappa shape index (κ2) is 6.97. The Balaban J connectivity index is 1.93. The molecule has 0 fully saturated rings. The van der Waals surface area contributed by atoms with Crippen LogP contribution in [0.2, 0.25) is 0 Å². The van der Waals surface area contributed by atoms with Crippen LogP contribution in [-0.2, 0) is 13.0 Å². The van der Waals surface area contributed by atoms with Gasteiger partial charge in [-0.2, -0.15) is 11.3 Å². The number of nitro groups is 1. The molecule has 1 unspecified atom stereocenters. The third kappa shape index (κ3) is 4.13. The van der Waals surface area contributed by atoms with E-state index in [9.17, 15) is 10.1 Å². The summed E-state index contributed by atoms with van der Waals surface area (Å²) in [7, 11) is 0. The van der Waals surface area contributed by atoms with Gasteiger partial charge in [-0.25, -0.2) is 0 Å². The summed E-state index contributed by atoms with van der Waals surface area (Å²) in [5, 5.41) is 18.5. The zero-order valence-electron chi connectivity index (χ0n) is 11.0. The predicted molar refractivity (Wildman–Crippen MR) is 85.1 cm³/mol. The summed E-state index contributed by atoms with van der Waals surface area (Å²) in [6.45, 7) is 2.74. The molecule has 4 nitrogen and oxygen atoms in total. The number of hydrogen-bond donors (Lipinski definition) is 1. The number of hydrogen-bond acceptors (Lipinski definition) is 4. The number of nitrogens with one attached hydrogen (secondary N) is 1. The van der Waals surface area contributed by atoms with Gasteiger partial charge in [0.25, 0.3) is 5.69 Å². The Labute approximate surface area is 130 Å². The van der Waals surface area contributed by atoms with E-state index in [1.54, 1.807) is 23.5 Å². The van der Waals surface area contributed by atoms with Crippen molar-refractivity contribution in [2.45, 2.75) is 25.9 Å². The highest BCUT2D eigenvalue weighted by molar-refractivity contribution is 9.10. The fourth-order valence-electron chi connectivity index (χ4n) is 1.93. The quantitative estimate of drug-likeness (QED) is 0.626. The summed E-state index contributed by atoms with van der Waals surface area (Å²) in [5.41, 5.74) is 2.34. The summed E-state index contributed by atoms with van der Waals surface area (Å²) in [6.07, 6.45) is 0.960. The Hall–Kier alpha value is -1.24. The molecule has 20 heavy (non-hydrogen) atoms. The summed E-state index contributed by atoms with van der Waals surface area (Å²) in [5.74, 6) is 0. The molecule has 0 bridgehead atoms. The molecular formula is C14H15BrN2O2S. The molecule has 0 saturated carbocycles. The van der Waals surface area contributed by atoms with E-state index in [4.69, 9.17) is 0 Å². The van der Waals surface area contributed by atoms with Crippen LogP contribution in [0.1, 0.15) is 18.1 Å². The van der Waals surface area contributed by atoms with Crippen LogP contribution >= 0.6 is 27.3 Å². The highest BCUT2D eigenvalue weighted by Gasteiger charge is 2.12. The normalized spacial score (nSPS) is 12.3. The third-order valence-electron chi connectivity index (χ3n) is 2.98. The molecule has 1 N–H and O–H groups in total. The van der Waals surface area contributed by atoms with Gasteiger partial charge >= 0.3 is 0 Å². The molecule has 1 heterocycles. The minimum Gasteiger partial charge on any atom is -0.310 e. The lowest BCUT2D eigenvalue weighted by Gasteiger charge is -2.13. The fraction of sp³-hybridized carbons (Fsp3) is 0.286. The van der Waals surface area contributed by atoms with Gasteiger partial charge in [-0.15, -0.1) is 0 Å². The maximum Gasteiger partial charge on any atom is 0.283 e. The standard InChI is InChI=1S/C14H15BrN2O2S/c1-10(6-12-4-5-20-9-12)16-8-11-2-3-13(15)14(7-11)17(18)19/h2-5,7,9-10,16H,6,8H2,1H3. The minimum atomic E-state index is -0.373. The molecule has 0 aliphatic carbocycles. The van der Waals surface area contributed by atoms with Crippen LogP contribution in [-0.4, -0.2) is 11.0 Å². The smallest absolute Gasteiger partial charge is 0.283 e. The van der Waals surface area contributed by atoms with Crippen molar-refractivity contribution in [2.75, 3.05) is 0 Å². The molecule has 6 heteroatoms. The van der Waals surface area contributed by atoms with Gasteiger partial charge < -0.3 is 5.32 Å². The largest absolute Gasteiger partial charge is 0.310 e. The summed E-state index contributed by atoms with van der Waals surface area (Å²) in [4.78, 5) is 10.5. The Bertz CT molecular complexity index is 587. The van der Waals surface area contributed by atoms with E-state index in [0.29, 0.717) is 17.1 Å². The number of halogens is 1. The van der Waals surface area contributed by atoms with Crippen molar-refractivity contribution in [3.63, 3.8) is 0 Å². The molecule has 2 aromatic rings. The van der Waals surface area contributed by atoms with Gasteiger partial charge in [0.1, 0.15) is 0 Å². The van der Waals surface area contributed by atoms with Gasteiger partial charge in [0.05, 0.1) is 9.40 Å². The number of benzene rings is 1. The third-order valence-corrected chi connectivity index (χ3v) is 4.39. The van der Waals surface area contributed by atoms with Gasteiger partial charge in [0, 0.05) is 18.7 Å². The Kier molecular flexibility index (Phi) is 5.28. The highest BCUT2D eigenvalue weighted by Crippen LogP contribution is 2.25. The van der Waals surface area contributed by atoms with Gasteiger partial charge in [0.15, 0.2) is 0 Å². The van der Waals surface area contributed by atoms with Crippen molar-refractivity contribution >= 4 is 33.0 Å². The fourth-order valence-corrected chi connectivity index (χ4v) is 3.01. The monoisotopic (exact) mass is 354 g/mol. The summed E-state index contributed by atoms with van der Waals surface area (Å²) >= 11 is 4.88. The van der Waals surface area contributed by atoms with E-state index in [2.05, 4.69) is 45.0 Å². The van der Waals surface area contributed by atoms with Crippen LogP contribution in [0.25, 0.3) is 0 Å². The van der Waals surface area contributed by atoms with Crippen molar-refractivity contribution in [2.24, 2.45) is 0 Å². The molecular weight excluding hydrogens is 340 g/mol. The van der Waals surface area contributed by atoms with Crippen molar-refractivity contribution in [3.05, 3.63) is 60.7 Å². The van der Waals surface area contributed by atoms with Crippen molar-refractivity contribution in [1.82, 2.24) is 5.32 Å². The summed E-state index contributed by atoms with van der Waals surface area (Å²) in [6, 6.07) is 7.66. The second-order valence-electron chi connectivity index (χ2n) is 4.66. The SMILES string of the molecule is CC(Cc1ccsc1)NCc1ccc(Br)c([N+](=O)[O-])c1. The molecule has 2 rings (SSSR count). The molecule has 1 aromatic heterocycles. The first-order valence-corrected chi connectivity index (χ1v) is 7.97. The van der Waals surface area contributed by atoms with Gasteiger partial charge in [-0.05, 0) is 63.3 Å². The average Bonchev–Trinajstić information content (AvgIpc) is 2.90. The van der Waals surface area contributed by atoms with Crippen LogP contribution in [0.5, 0.6) is 0 Å². The number of rotatable bonds is 6. The molecule has 0 amide bonds. The van der Waals surface area contributed by atoms with Gasteiger partial charge in [-0.1, -0.05) is 6.07 Å². The Morgan fingerprint density at radius 1 is 1.40 bits per heavy atom. The molecule has 0 radical (unpaired) electrons. The van der Waals surface area contributed by atoms with Crippen molar-refractivity contribution < 1.29 is 4.92 Å². The molecule has 0 saturated heterocycles. The lowest BCUT2D eigenvalue weighted by atomic mass is 10.1. The van der Waals surface area contributed by atoms with Crippen LogP contribution in [0, 0.1) is 10.1 Å².